The van der Waals surface area contributed by atoms with Crippen LogP contribution in [-0.2, 0) is 6.42 Å². The quantitative estimate of drug-likeness (QED) is 0.889. The lowest BCUT2D eigenvalue weighted by Crippen LogP contribution is -2.08. The molecule has 0 spiro atoms. The normalized spacial score (nSPS) is 16.8. The van der Waals surface area contributed by atoms with Gasteiger partial charge in [0.2, 0.25) is 0 Å². The van der Waals surface area contributed by atoms with Crippen molar-refractivity contribution in [1.82, 2.24) is 0 Å². The van der Waals surface area contributed by atoms with E-state index in [0.29, 0.717) is 12.6 Å². The number of rotatable bonds is 3. The molecule has 3 rings (SSSR count). The number of fused-ring (bicyclic) bond motifs is 1. The number of nitrogens with one attached hydrogen (secondary N) is 1. The van der Waals surface area contributed by atoms with Crippen molar-refractivity contribution in [2.45, 2.75) is 26.3 Å². The summed E-state index contributed by atoms with van der Waals surface area (Å²) in [6.45, 7) is 4.87. The molecular weight excluding hydrogens is 234 g/mol. The van der Waals surface area contributed by atoms with Crippen molar-refractivity contribution in [1.29, 1.82) is 0 Å². The van der Waals surface area contributed by atoms with Crippen LogP contribution >= 0.6 is 0 Å². The maximum atomic E-state index is 5.73. The number of hydrogen-bond donors (Lipinski definition) is 1. The second-order valence-corrected chi connectivity index (χ2v) is 5.03. The highest BCUT2D eigenvalue weighted by Crippen LogP contribution is 2.37. The summed E-state index contributed by atoms with van der Waals surface area (Å²) < 4.78 is 5.73. The fourth-order valence-electron chi connectivity index (χ4n) is 2.73. The summed E-state index contributed by atoms with van der Waals surface area (Å²) in [5, 5.41) is 3.60. The summed E-state index contributed by atoms with van der Waals surface area (Å²) >= 11 is 0. The minimum absolute atomic E-state index is 0.319. The van der Waals surface area contributed by atoms with Gasteiger partial charge >= 0.3 is 0 Å². The van der Waals surface area contributed by atoms with E-state index in [4.69, 9.17) is 4.74 Å². The van der Waals surface area contributed by atoms with Gasteiger partial charge < -0.3 is 10.1 Å². The standard InChI is InChI=1S/C17H19NO/c1-3-19-17-7-5-4-6-14(17)16-11-13-10-12(2)8-9-15(13)18-16/h4-10,16,18H,3,11H2,1-2H3. The molecule has 2 heteroatoms. The van der Waals surface area contributed by atoms with Gasteiger partial charge in [-0.05, 0) is 38.0 Å². The van der Waals surface area contributed by atoms with Crippen molar-refractivity contribution in [2.24, 2.45) is 0 Å². The van der Waals surface area contributed by atoms with Crippen LogP contribution in [-0.4, -0.2) is 6.61 Å². The molecule has 0 aromatic heterocycles. The highest BCUT2D eigenvalue weighted by Gasteiger charge is 2.24. The second kappa shape index (κ2) is 4.96. The summed E-state index contributed by atoms with van der Waals surface area (Å²) in [4.78, 5) is 0. The van der Waals surface area contributed by atoms with Gasteiger partial charge in [0.15, 0.2) is 0 Å². The first-order chi connectivity index (χ1) is 9.28. The van der Waals surface area contributed by atoms with E-state index < -0.39 is 0 Å². The molecule has 98 valence electrons. The maximum absolute atomic E-state index is 5.73. The van der Waals surface area contributed by atoms with Crippen molar-refractivity contribution >= 4 is 5.69 Å². The molecule has 0 saturated heterocycles. The minimum atomic E-state index is 0.319. The molecule has 0 bridgehead atoms. The highest BCUT2D eigenvalue weighted by molar-refractivity contribution is 5.60. The van der Waals surface area contributed by atoms with Crippen molar-refractivity contribution in [2.75, 3.05) is 11.9 Å². The Kier molecular flexibility index (Phi) is 3.16. The third-order valence-corrected chi connectivity index (χ3v) is 3.61. The van der Waals surface area contributed by atoms with Crippen LogP contribution in [0.5, 0.6) is 5.75 Å². The highest BCUT2D eigenvalue weighted by atomic mass is 16.5. The van der Waals surface area contributed by atoms with Crippen LogP contribution in [0.1, 0.15) is 29.7 Å². The molecule has 0 aliphatic carbocycles. The number of aryl methyl sites for hydroxylation is 1. The number of ether oxygens (including phenoxy) is 1. The lowest BCUT2D eigenvalue weighted by Gasteiger charge is -2.16. The zero-order chi connectivity index (χ0) is 13.2. The lowest BCUT2D eigenvalue weighted by atomic mass is 10.0. The third kappa shape index (κ3) is 2.30. The van der Waals surface area contributed by atoms with Gasteiger partial charge in [-0.25, -0.2) is 0 Å². The van der Waals surface area contributed by atoms with Crippen LogP contribution in [0.15, 0.2) is 42.5 Å². The van der Waals surface area contributed by atoms with Crippen molar-refractivity contribution in [3.8, 4) is 5.75 Å². The lowest BCUT2D eigenvalue weighted by molar-refractivity contribution is 0.335. The van der Waals surface area contributed by atoms with Crippen molar-refractivity contribution in [3.05, 3.63) is 59.2 Å². The number of benzene rings is 2. The van der Waals surface area contributed by atoms with Crippen LogP contribution < -0.4 is 10.1 Å². The summed E-state index contributed by atoms with van der Waals surface area (Å²) in [5.41, 5.74) is 5.22. The van der Waals surface area contributed by atoms with Gasteiger partial charge in [-0.3, -0.25) is 0 Å². The molecule has 1 N–H and O–H groups in total. The second-order valence-electron chi connectivity index (χ2n) is 5.03. The van der Waals surface area contributed by atoms with Crippen LogP contribution in [0.4, 0.5) is 5.69 Å². The molecule has 2 aromatic carbocycles. The van der Waals surface area contributed by atoms with Crippen LogP contribution in [0.2, 0.25) is 0 Å². The Morgan fingerprint density at radius 1 is 1.21 bits per heavy atom. The fourth-order valence-corrected chi connectivity index (χ4v) is 2.73. The molecule has 2 aromatic rings. The number of para-hydroxylation sites is 1. The summed E-state index contributed by atoms with van der Waals surface area (Å²) in [7, 11) is 0. The third-order valence-electron chi connectivity index (χ3n) is 3.61. The number of hydrogen-bond acceptors (Lipinski definition) is 2. The Hall–Kier alpha value is -1.96. The molecule has 0 amide bonds. The predicted molar refractivity (Wildman–Crippen MR) is 78.9 cm³/mol. The van der Waals surface area contributed by atoms with E-state index in [1.807, 2.05) is 13.0 Å². The monoisotopic (exact) mass is 253 g/mol. The zero-order valence-corrected chi connectivity index (χ0v) is 11.4. The van der Waals surface area contributed by atoms with E-state index in [0.717, 1.165) is 12.2 Å². The van der Waals surface area contributed by atoms with E-state index in [1.54, 1.807) is 0 Å². The molecule has 1 aliphatic heterocycles. The van der Waals surface area contributed by atoms with E-state index >= 15 is 0 Å². The van der Waals surface area contributed by atoms with Crippen LogP contribution in [0.3, 0.4) is 0 Å². The van der Waals surface area contributed by atoms with Gasteiger partial charge in [0.25, 0.3) is 0 Å². The smallest absolute Gasteiger partial charge is 0.124 e. The first-order valence-corrected chi connectivity index (χ1v) is 6.85. The van der Waals surface area contributed by atoms with Crippen molar-refractivity contribution < 1.29 is 4.74 Å². The summed E-state index contributed by atoms with van der Waals surface area (Å²) in [6, 6.07) is 15.2. The topological polar surface area (TPSA) is 21.3 Å². The first kappa shape index (κ1) is 12.1. The molecule has 0 radical (unpaired) electrons. The van der Waals surface area contributed by atoms with Gasteiger partial charge in [0.05, 0.1) is 12.6 Å². The average Bonchev–Trinajstić information content (AvgIpc) is 2.82. The van der Waals surface area contributed by atoms with Gasteiger partial charge in [-0.15, -0.1) is 0 Å². The molecule has 2 nitrogen and oxygen atoms in total. The van der Waals surface area contributed by atoms with E-state index in [-0.39, 0.29) is 0 Å². The SMILES string of the molecule is CCOc1ccccc1C1Cc2cc(C)ccc2N1. The van der Waals surface area contributed by atoms with E-state index in [9.17, 15) is 0 Å². The Labute approximate surface area is 114 Å². The molecule has 1 heterocycles. The average molecular weight is 253 g/mol. The predicted octanol–water partition coefficient (Wildman–Crippen LogP) is 4.10. The van der Waals surface area contributed by atoms with E-state index in [1.165, 1.54) is 22.4 Å². The maximum Gasteiger partial charge on any atom is 0.124 e. The molecule has 0 saturated carbocycles. The van der Waals surface area contributed by atoms with E-state index in [2.05, 4.69) is 48.6 Å². The Balaban J connectivity index is 1.90. The molecular formula is C17H19NO. The molecule has 1 aliphatic rings. The van der Waals surface area contributed by atoms with Crippen LogP contribution in [0, 0.1) is 6.92 Å². The molecule has 0 fully saturated rings. The summed E-state index contributed by atoms with van der Waals surface area (Å²) in [5.74, 6) is 0.993. The fraction of sp³-hybridized carbons (Fsp3) is 0.294. The largest absolute Gasteiger partial charge is 0.494 e. The Morgan fingerprint density at radius 2 is 2.05 bits per heavy atom. The minimum Gasteiger partial charge on any atom is -0.494 e. The Morgan fingerprint density at radius 3 is 2.89 bits per heavy atom. The number of anilines is 1. The molecule has 1 atom stereocenters. The van der Waals surface area contributed by atoms with Gasteiger partial charge in [0.1, 0.15) is 5.75 Å². The van der Waals surface area contributed by atoms with Gasteiger partial charge in [0, 0.05) is 11.3 Å². The van der Waals surface area contributed by atoms with Gasteiger partial charge in [-0.1, -0.05) is 35.9 Å². The summed E-state index contributed by atoms with van der Waals surface area (Å²) in [6.07, 6.45) is 1.03. The first-order valence-electron chi connectivity index (χ1n) is 6.85. The van der Waals surface area contributed by atoms with Crippen molar-refractivity contribution in [3.63, 3.8) is 0 Å². The molecule has 19 heavy (non-hydrogen) atoms. The van der Waals surface area contributed by atoms with Gasteiger partial charge in [-0.2, -0.15) is 0 Å². The molecule has 1 unspecified atom stereocenters. The zero-order valence-electron chi connectivity index (χ0n) is 11.4. The van der Waals surface area contributed by atoms with Crippen LogP contribution in [0.25, 0.3) is 0 Å². The Bertz CT molecular complexity index is 592.